The third kappa shape index (κ3) is 5.56. The first kappa shape index (κ1) is 17.9. The Hall–Kier alpha value is -1.89. The number of rotatable bonds is 7. The molecular weight excluding hydrogens is 374 g/mol. The zero-order valence-corrected chi connectivity index (χ0v) is 15.7. The van der Waals surface area contributed by atoms with Gasteiger partial charge in [0, 0.05) is 39.7 Å². The Bertz CT molecular complexity index is 822. The van der Waals surface area contributed by atoms with Gasteiger partial charge in [0.15, 0.2) is 5.13 Å². The van der Waals surface area contributed by atoms with Crippen LogP contribution in [0.1, 0.15) is 12.8 Å². The number of hydrogen-bond donors (Lipinski definition) is 1. The summed E-state index contributed by atoms with van der Waals surface area (Å²) in [4.78, 5) is 21.6. The van der Waals surface area contributed by atoms with Crippen molar-refractivity contribution < 1.29 is 4.79 Å². The minimum atomic E-state index is -0.00710. The minimum Gasteiger partial charge on any atom is -0.302 e. The summed E-state index contributed by atoms with van der Waals surface area (Å²) >= 11 is 9.01. The van der Waals surface area contributed by atoms with Gasteiger partial charge >= 0.3 is 0 Å². The van der Waals surface area contributed by atoms with Crippen molar-refractivity contribution >= 4 is 45.7 Å². The van der Waals surface area contributed by atoms with Crippen molar-refractivity contribution in [2.75, 3.05) is 11.1 Å². The molecule has 25 heavy (non-hydrogen) atoms. The summed E-state index contributed by atoms with van der Waals surface area (Å²) in [6.45, 7) is 0. The number of carbonyl (C=O) groups is 1. The third-order valence-electron chi connectivity index (χ3n) is 3.36. The van der Waals surface area contributed by atoms with Crippen LogP contribution in [0.2, 0.25) is 5.02 Å². The molecule has 3 rings (SSSR count). The molecule has 0 fully saturated rings. The van der Waals surface area contributed by atoms with Crippen LogP contribution in [0.4, 0.5) is 5.13 Å². The number of pyridine rings is 1. The maximum atomic E-state index is 12.0. The van der Waals surface area contributed by atoms with E-state index in [0.717, 1.165) is 33.3 Å². The lowest BCUT2D eigenvalue weighted by Crippen LogP contribution is -2.11. The second kappa shape index (κ2) is 8.99. The van der Waals surface area contributed by atoms with Crippen LogP contribution in [0.15, 0.2) is 59.1 Å². The van der Waals surface area contributed by atoms with Gasteiger partial charge in [0.2, 0.25) is 5.91 Å². The number of thioether (sulfide) groups is 1. The normalized spacial score (nSPS) is 10.6. The highest BCUT2D eigenvalue weighted by Crippen LogP contribution is 2.25. The molecule has 2 heterocycles. The van der Waals surface area contributed by atoms with Crippen molar-refractivity contribution in [2.45, 2.75) is 17.7 Å². The molecule has 1 N–H and O–H groups in total. The van der Waals surface area contributed by atoms with Gasteiger partial charge in [0.05, 0.1) is 5.69 Å². The Balaban J connectivity index is 1.42. The summed E-state index contributed by atoms with van der Waals surface area (Å²) in [5.74, 6) is 0.877. The molecule has 0 unspecified atom stereocenters. The Labute approximate surface area is 159 Å². The van der Waals surface area contributed by atoms with E-state index in [4.69, 9.17) is 11.6 Å². The zero-order chi connectivity index (χ0) is 17.5. The maximum absolute atomic E-state index is 12.0. The maximum Gasteiger partial charge on any atom is 0.226 e. The van der Waals surface area contributed by atoms with Crippen LogP contribution < -0.4 is 5.32 Å². The molecule has 1 aromatic carbocycles. The lowest BCUT2D eigenvalue weighted by Gasteiger charge is -2.03. The van der Waals surface area contributed by atoms with Gasteiger partial charge in [-0.1, -0.05) is 11.6 Å². The largest absolute Gasteiger partial charge is 0.302 e. The first-order valence-corrected chi connectivity index (χ1v) is 9.99. The molecule has 0 radical (unpaired) electrons. The van der Waals surface area contributed by atoms with Crippen LogP contribution in [0.25, 0.3) is 11.3 Å². The van der Waals surface area contributed by atoms with Gasteiger partial charge in [0.25, 0.3) is 0 Å². The number of nitrogens with one attached hydrogen (secondary N) is 1. The second-order valence-electron chi connectivity index (χ2n) is 5.23. The molecule has 7 heteroatoms. The van der Waals surface area contributed by atoms with Gasteiger partial charge in [-0.05, 0) is 48.6 Å². The van der Waals surface area contributed by atoms with E-state index >= 15 is 0 Å². The van der Waals surface area contributed by atoms with Crippen molar-refractivity contribution in [1.82, 2.24) is 9.97 Å². The highest BCUT2D eigenvalue weighted by Gasteiger charge is 2.08. The molecule has 0 saturated carbocycles. The molecule has 0 aliphatic carbocycles. The van der Waals surface area contributed by atoms with Gasteiger partial charge in [0.1, 0.15) is 0 Å². The Kier molecular flexibility index (Phi) is 6.44. The fraction of sp³-hybridized carbons (Fsp3) is 0.167. The number of carbonyl (C=O) groups excluding carboxylic acids is 1. The van der Waals surface area contributed by atoms with E-state index in [1.807, 2.05) is 41.8 Å². The van der Waals surface area contributed by atoms with E-state index < -0.39 is 0 Å². The topological polar surface area (TPSA) is 54.9 Å². The van der Waals surface area contributed by atoms with E-state index in [1.165, 1.54) is 11.3 Å². The van der Waals surface area contributed by atoms with Crippen molar-refractivity contribution in [1.29, 1.82) is 0 Å². The van der Waals surface area contributed by atoms with Crippen LogP contribution in [0.3, 0.4) is 0 Å². The second-order valence-corrected chi connectivity index (χ2v) is 7.69. The number of hydrogen-bond acceptors (Lipinski definition) is 5. The molecule has 4 nitrogen and oxygen atoms in total. The fourth-order valence-electron chi connectivity index (χ4n) is 2.12. The molecule has 0 aliphatic heterocycles. The summed E-state index contributed by atoms with van der Waals surface area (Å²) < 4.78 is 0. The highest BCUT2D eigenvalue weighted by molar-refractivity contribution is 7.99. The zero-order valence-electron chi connectivity index (χ0n) is 13.3. The van der Waals surface area contributed by atoms with Gasteiger partial charge in [-0.15, -0.1) is 23.1 Å². The van der Waals surface area contributed by atoms with Crippen molar-refractivity contribution in [2.24, 2.45) is 0 Å². The monoisotopic (exact) mass is 389 g/mol. The van der Waals surface area contributed by atoms with Crippen LogP contribution in [-0.2, 0) is 4.79 Å². The molecular formula is C18H16ClN3OS2. The average Bonchev–Trinajstić information content (AvgIpc) is 3.09. The van der Waals surface area contributed by atoms with E-state index in [0.29, 0.717) is 11.6 Å². The Morgan fingerprint density at radius 3 is 2.68 bits per heavy atom. The van der Waals surface area contributed by atoms with E-state index in [9.17, 15) is 4.79 Å². The van der Waals surface area contributed by atoms with Crippen LogP contribution >= 0.6 is 34.7 Å². The smallest absolute Gasteiger partial charge is 0.226 e. The molecule has 2 aromatic heterocycles. The molecule has 0 atom stereocenters. The van der Waals surface area contributed by atoms with Gasteiger partial charge in [-0.3, -0.25) is 9.78 Å². The van der Waals surface area contributed by atoms with Gasteiger partial charge in [-0.2, -0.15) is 0 Å². The predicted octanol–water partition coefficient (Wildman–Crippen LogP) is 5.37. The minimum absolute atomic E-state index is 0.00710. The number of benzene rings is 1. The number of anilines is 1. The fourth-order valence-corrected chi connectivity index (χ4v) is 3.84. The quantitative estimate of drug-likeness (QED) is 0.436. The summed E-state index contributed by atoms with van der Waals surface area (Å²) in [5, 5.41) is 6.16. The molecule has 128 valence electrons. The van der Waals surface area contributed by atoms with Crippen molar-refractivity contribution in [3.8, 4) is 11.3 Å². The lowest BCUT2D eigenvalue weighted by atomic mass is 10.2. The summed E-state index contributed by atoms with van der Waals surface area (Å²) in [7, 11) is 0. The SMILES string of the molecule is O=C(CCCSc1ccc(Cl)cc1)Nc1nc(-c2ccncc2)cs1. The number of nitrogens with zero attached hydrogens (tertiary/aromatic N) is 2. The number of halogens is 1. The molecule has 0 aliphatic rings. The lowest BCUT2D eigenvalue weighted by molar-refractivity contribution is -0.116. The molecule has 0 bridgehead atoms. The van der Waals surface area contributed by atoms with E-state index in [2.05, 4.69) is 15.3 Å². The third-order valence-corrected chi connectivity index (χ3v) is 5.47. The highest BCUT2D eigenvalue weighted by atomic mass is 35.5. The molecule has 1 amide bonds. The average molecular weight is 390 g/mol. The van der Waals surface area contributed by atoms with E-state index in [-0.39, 0.29) is 5.91 Å². The number of amides is 1. The summed E-state index contributed by atoms with van der Waals surface area (Å²) in [5.41, 5.74) is 1.84. The van der Waals surface area contributed by atoms with Crippen molar-refractivity contribution in [3.05, 3.63) is 59.2 Å². The number of aromatic nitrogens is 2. The predicted molar refractivity (Wildman–Crippen MR) is 105 cm³/mol. The first-order chi connectivity index (χ1) is 12.2. The standard InChI is InChI=1S/C18H16ClN3OS2/c19-14-3-5-15(6-4-14)24-11-1-2-17(23)22-18-21-16(12-25-18)13-7-9-20-10-8-13/h3-10,12H,1-2,11H2,(H,21,22,23). The van der Waals surface area contributed by atoms with Gasteiger partial charge < -0.3 is 5.32 Å². The first-order valence-electron chi connectivity index (χ1n) is 7.75. The van der Waals surface area contributed by atoms with Gasteiger partial charge in [-0.25, -0.2) is 4.98 Å². The molecule has 0 saturated heterocycles. The van der Waals surface area contributed by atoms with Crippen LogP contribution in [-0.4, -0.2) is 21.6 Å². The van der Waals surface area contributed by atoms with Crippen LogP contribution in [0, 0.1) is 0 Å². The Morgan fingerprint density at radius 2 is 1.92 bits per heavy atom. The van der Waals surface area contributed by atoms with Crippen LogP contribution in [0.5, 0.6) is 0 Å². The van der Waals surface area contributed by atoms with E-state index in [1.54, 1.807) is 24.2 Å². The van der Waals surface area contributed by atoms with Crippen molar-refractivity contribution in [3.63, 3.8) is 0 Å². The number of thiazole rings is 1. The molecule has 0 spiro atoms. The summed E-state index contributed by atoms with van der Waals surface area (Å²) in [6, 6.07) is 11.5. The summed E-state index contributed by atoms with van der Waals surface area (Å²) in [6.07, 6.45) is 4.74. The Morgan fingerprint density at radius 1 is 1.16 bits per heavy atom. The molecule has 3 aromatic rings.